The van der Waals surface area contributed by atoms with Gasteiger partial charge >= 0.3 is 5.97 Å². The summed E-state index contributed by atoms with van der Waals surface area (Å²) in [5.74, 6) is -0.909. The Hall–Kier alpha value is -1.80. The lowest BCUT2D eigenvalue weighted by atomic mass is 9.70. The van der Waals surface area contributed by atoms with Crippen LogP contribution in [0.1, 0.15) is 116 Å². The van der Waals surface area contributed by atoms with Crippen LogP contribution in [-0.2, 0) is 38.1 Å². The van der Waals surface area contributed by atoms with Gasteiger partial charge in [-0.15, -0.1) is 0 Å². The Morgan fingerprint density at radius 1 is 0.673 bits per heavy atom. The van der Waals surface area contributed by atoms with E-state index in [4.69, 9.17) is 18.9 Å². The molecule has 0 radical (unpaired) electrons. The summed E-state index contributed by atoms with van der Waals surface area (Å²) in [5, 5.41) is 19.3. The lowest BCUT2D eigenvalue weighted by molar-refractivity contribution is -0.140. The maximum atomic E-state index is 13.2. The van der Waals surface area contributed by atoms with Crippen LogP contribution in [0.25, 0.3) is 0 Å². The molecule has 1 atom stereocenters. The molecular weight excluding hydrogens is 630 g/mol. The minimum Gasteiger partial charge on any atom is -0.480 e. The second kappa shape index (κ2) is 20.3. The zero-order valence-corrected chi connectivity index (χ0v) is 33.3. The van der Waals surface area contributed by atoms with Gasteiger partial charge < -0.3 is 34.7 Å². The maximum absolute atomic E-state index is 13.2. The lowest BCUT2D eigenvalue weighted by Crippen LogP contribution is -2.56. The maximum Gasteiger partial charge on any atom is 0.320 e. The van der Waals surface area contributed by atoms with Crippen LogP contribution in [-0.4, -0.2) is 116 Å². The molecule has 0 rings (SSSR count). The standard InChI is InChI=1S/C37H71N3O9/c1-27(41)33(5,6)26-34(7,8)49-24-23-47-19-17-38-36(11,12)30(43)25-48-22-21-46-20-18-39-37(13,14)35(9,10)29(42)16-15-28(31(44)45)40-32(2,3)4/h28,38-40H,15-26H2,1-14H3,(H,44,45). The van der Waals surface area contributed by atoms with E-state index in [1.54, 1.807) is 6.92 Å². The fraction of sp³-hybridized carbons (Fsp3) is 0.892. The minimum absolute atomic E-state index is 0.00694. The van der Waals surface area contributed by atoms with E-state index in [0.717, 1.165) is 0 Å². The third kappa shape index (κ3) is 18.8. The summed E-state index contributed by atoms with van der Waals surface area (Å²) in [6.45, 7) is 29.6. The normalized spacial score (nSPS) is 14.2. The third-order valence-electron chi connectivity index (χ3n) is 9.30. The number of Topliss-reactive ketones (excluding diaryl/α,β-unsaturated/α-hetero) is 3. The summed E-state index contributed by atoms with van der Waals surface area (Å²) in [6.07, 6.45) is 0.995. The van der Waals surface area contributed by atoms with Crippen molar-refractivity contribution in [3.8, 4) is 0 Å². The molecule has 0 spiro atoms. The van der Waals surface area contributed by atoms with Gasteiger partial charge in [0.2, 0.25) is 0 Å². The van der Waals surface area contributed by atoms with Gasteiger partial charge in [0.25, 0.3) is 0 Å². The summed E-state index contributed by atoms with van der Waals surface area (Å²) in [5.41, 5.74) is -3.34. The number of ether oxygens (including phenoxy) is 4. The van der Waals surface area contributed by atoms with Crippen LogP contribution in [0.15, 0.2) is 0 Å². The Morgan fingerprint density at radius 3 is 1.69 bits per heavy atom. The average molecular weight is 702 g/mol. The Kier molecular flexibility index (Phi) is 19.5. The second-order valence-electron chi connectivity index (χ2n) is 16.9. The van der Waals surface area contributed by atoms with Gasteiger partial charge in [-0.05, 0) is 82.1 Å². The van der Waals surface area contributed by atoms with E-state index in [-0.39, 0.29) is 48.9 Å². The molecule has 0 aromatic heterocycles. The molecule has 0 aliphatic carbocycles. The molecule has 0 heterocycles. The Bertz CT molecular complexity index is 1050. The molecule has 49 heavy (non-hydrogen) atoms. The average Bonchev–Trinajstić information content (AvgIpc) is 2.94. The van der Waals surface area contributed by atoms with Gasteiger partial charge in [0.1, 0.15) is 24.2 Å². The van der Waals surface area contributed by atoms with E-state index in [2.05, 4.69) is 16.0 Å². The summed E-state index contributed by atoms with van der Waals surface area (Å²) >= 11 is 0. The predicted molar refractivity (Wildman–Crippen MR) is 193 cm³/mol. The topological polar surface area (TPSA) is 162 Å². The number of carbonyl (C=O) groups excluding carboxylic acids is 3. The minimum atomic E-state index is -0.962. The second-order valence-corrected chi connectivity index (χ2v) is 16.9. The van der Waals surface area contributed by atoms with Crippen molar-refractivity contribution in [2.24, 2.45) is 10.8 Å². The van der Waals surface area contributed by atoms with Crippen LogP contribution in [0.4, 0.5) is 0 Å². The van der Waals surface area contributed by atoms with Gasteiger partial charge in [-0.3, -0.25) is 24.5 Å². The Balaban J connectivity index is 4.29. The highest BCUT2D eigenvalue weighted by atomic mass is 16.5. The zero-order chi connectivity index (χ0) is 38.3. The van der Waals surface area contributed by atoms with Crippen molar-refractivity contribution >= 4 is 23.3 Å². The van der Waals surface area contributed by atoms with Gasteiger partial charge in [-0.2, -0.15) is 0 Å². The van der Waals surface area contributed by atoms with Crippen LogP contribution in [0.2, 0.25) is 0 Å². The predicted octanol–water partition coefficient (Wildman–Crippen LogP) is 4.36. The molecule has 0 saturated heterocycles. The third-order valence-corrected chi connectivity index (χ3v) is 9.30. The van der Waals surface area contributed by atoms with Gasteiger partial charge in [0.15, 0.2) is 5.78 Å². The van der Waals surface area contributed by atoms with Crippen molar-refractivity contribution in [1.29, 1.82) is 0 Å². The number of nitrogens with one attached hydrogen (secondary N) is 3. The summed E-state index contributed by atoms with van der Waals surface area (Å²) < 4.78 is 22.8. The Labute approximate surface area is 296 Å². The van der Waals surface area contributed by atoms with Gasteiger partial charge in [-0.1, -0.05) is 27.7 Å². The molecule has 0 aliphatic heterocycles. The number of hydrogen-bond donors (Lipinski definition) is 4. The van der Waals surface area contributed by atoms with E-state index in [9.17, 15) is 24.3 Å². The molecule has 288 valence electrons. The van der Waals surface area contributed by atoms with Crippen LogP contribution in [0.5, 0.6) is 0 Å². The first-order valence-electron chi connectivity index (χ1n) is 17.6. The van der Waals surface area contributed by atoms with E-state index in [1.165, 1.54) is 0 Å². The van der Waals surface area contributed by atoms with E-state index < -0.39 is 39.5 Å². The molecule has 12 nitrogen and oxygen atoms in total. The van der Waals surface area contributed by atoms with Crippen LogP contribution in [0.3, 0.4) is 0 Å². The zero-order valence-electron chi connectivity index (χ0n) is 33.3. The number of carboxylic acids is 1. The molecule has 0 aromatic rings. The fourth-order valence-electron chi connectivity index (χ4n) is 5.19. The molecule has 4 N–H and O–H groups in total. The molecule has 0 bridgehead atoms. The largest absolute Gasteiger partial charge is 0.480 e. The van der Waals surface area contributed by atoms with Gasteiger partial charge in [-0.25, -0.2) is 0 Å². The van der Waals surface area contributed by atoms with Gasteiger partial charge in [0, 0.05) is 41.4 Å². The Morgan fingerprint density at radius 2 is 1.18 bits per heavy atom. The first-order valence-corrected chi connectivity index (χ1v) is 17.6. The first-order chi connectivity index (χ1) is 22.2. The fourth-order valence-corrected chi connectivity index (χ4v) is 5.19. The highest BCUT2D eigenvalue weighted by molar-refractivity contribution is 5.88. The van der Waals surface area contributed by atoms with Crippen LogP contribution < -0.4 is 16.0 Å². The molecule has 0 amide bonds. The van der Waals surface area contributed by atoms with Crippen molar-refractivity contribution in [2.75, 3.05) is 59.3 Å². The van der Waals surface area contributed by atoms with E-state index >= 15 is 0 Å². The van der Waals surface area contributed by atoms with E-state index in [0.29, 0.717) is 52.5 Å². The molecule has 0 aromatic carbocycles. The van der Waals surface area contributed by atoms with Crippen LogP contribution in [0, 0.1) is 10.8 Å². The number of ketones is 3. The number of hydrogen-bond acceptors (Lipinski definition) is 11. The molecule has 1 unspecified atom stereocenters. The SMILES string of the molecule is CC(=O)C(C)(C)CC(C)(C)OCCOCCNC(C)(C)C(=O)COCCOCCNC(C)(C)C(C)(C)C(=O)CCC(NC(C)(C)C)C(=O)O. The summed E-state index contributed by atoms with van der Waals surface area (Å²) in [7, 11) is 0. The van der Waals surface area contributed by atoms with E-state index in [1.807, 2.05) is 90.0 Å². The first kappa shape index (κ1) is 47.2. The van der Waals surface area contributed by atoms with Crippen molar-refractivity contribution in [1.82, 2.24) is 16.0 Å². The van der Waals surface area contributed by atoms with Gasteiger partial charge in [0.05, 0.1) is 50.8 Å². The molecule has 0 fully saturated rings. The smallest absolute Gasteiger partial charge is 0.320 e. The number of aliphatic carboxylic acids is 1. The summed E-state index contributed by atoms with van der Waals surface area (Å²) in [6, 6.07) is -0.794. The molecule has 12 heteroatoms. The summed E-state index contributed by atoms with van der Waals surface area (Å²) in [4.78, 5) is 49.4. The highest BCUT2D eigenvalue weighted by Crippen LogP contribution is 2.33. The van der Waals surface area contributed by atoms with Crippen LogP contribution >= 0.6 is 0 Å². The molecular formula is C37H71N3O9. The quantitative estimate of drug-likeness (QED) is 0.0855. The molecule has 0 aliphatic rings. The van der Waals surface area contributed by atoms with Crippen molar-refractivity contribution in [2.45, 2.75) is 144 Å². The monoisotopic (exact) mass is 702 g/mol. The van der Waals surface area contributed by atoms with Crippen molar-refractivity contribution in [3.63, 3.8) is 0 Å². The lowest BCUT2D eigenvalue weighted by Gasteiger charge is -2.41. The van der Waals surface area contributed by atoms with Crippen molar-refractivity contribution in [3.05, 3.63) is 0 Å². The number of rotatable bonds is 28. The number of carbonyl (C=O) groups is 4. The highest BCUT2D eigenvalue weighted by Gasteiger charge is 2.42. The molecule has 0 saturated carbocycles. The van der Waals surface area contributed by atoms with Crippen molar-refractivity contribution < 1.29 is 43.2 Å². The number of carboxylic acid groups (broad SMARTS) is 1.